The molecule has 1 unspecified atom stereocenters. The smallest absolute Gasteiger partial charge is 0.119 e. The molecule has 19 heavy (non-hydrogen) atoms. The molecule has 1 atom stereocenters. The molecule has 1 saturated carbocycles. The molecule has 0 saturated heterocycles. The highest BCUT2D eigenvalue weighted by Crippen LogP contribution is 2.24. The monoisotopic (exact) mass is 263 g/mol. The van der Waals surface area contributed by atoms with Gasteiger partial charge in [-0.05, 0) is 48.9 Å². The van der Waals surface area contributed by atoms with Gasteiger partial charge in [-0.2, -0.15) is 0 Å². The summed E-state index contributed by atoms with van der Waals surface area (Å²) in [7, 11) is 0. The summed E-state index contributed by atoms with van der Waals surface area (Å²) in [5, 5.41) is 12.7. The maximum atomic E-state index is 9.31. The molecule has 0 heterocycles. The van der Waals surface area contributed by atoms with Crippen molar-refractivity contribution in [1.82, 2.24) is 5.32 Å². The van der Waals surface area contributed by atoms with Gasteiger partial charge in [0.2, 0.25) is 0 Å². The molecule has 3 heteroatoms. The van der Waals surface area contributed by atoms with Gasteiger partial charge in [0, 0.05) is 6.04 Å². The number of aliphatic hydroxyl groups excluding tert-OH is 1. The van der Waals surface area contributed by atoms with Crippen LogP contribution in [0.25, 0.3) is 0 Å². The van der Waals surface area contributed by atoms with E-state index in [1.165, 1.54) is 24.0 Å². The van der Waals surface area contributed by atoms with Gasteiger partial charge in [-0.15, -0.1) is 0 Å². The Hall–Kier alpha value is -1.06. The van der Waals surface area contributed by atoms with Gasteiger partial charge in [-0.25, -0.2) is 0 Å². The van der Waals surface area contributed by atoms with Crippen LogP contribution in [0.4, 0.5) is 0 Å². The third-order valence-electron chi connectivity index (χ3n) is 3.58. The molecule has 0 bridgehead atoms. The molecule has 2 rings (SSSR count). The summed E-state index contributed by atoms with van der Waals surface area (Å²) < 4.78 is 5.78. The highest BCUT2D eigenvalue weighted by atomic mass is 16.5. The summed E-state index contributed by atoms with van der Waals surface area (Å²) in [6.07, 6.45) is 2.44. The van der Waals surface area contributed by atoms with E-state index in [9.17, 15) is 5.11 Å². The van der Waals surface area contributed by atoms with Gasteiger partial charge in [0.1, 0.15) is 12.4 Å². The van der Waals surface area contributed by atoms with Crippen LogP contribution in [0.15, 0.2) is 18.2 Å². The predicted molar refractivity (Wildman–Crippen MR) is 77.8 cm³/mol. The lowest BCUT2D eigenvalue weighted by atomic mass is 9.98. The average Bonchev–Trinajstić information content (AvgIpc) is 3.18. The fraction of sp³-hybridized carbons (Fsp3) is 0.625. The van der Waals surface area contributed by atoms with E-state index in [0.29, 0.717) is 18.6 Å². The molecule has 1 aromatic rings. The van der Waals surface area contributed by atoms with Gasteiger partial charge < -0.3 is 15.2 Å². The second-order valence-electron chi connectivity index (χ2n) is 5.80. The highest BCUT2D eigenvalue weighted by molar-refractivity contribution is 5.36. The molecule has 1 aromatic carbocycles. The Balaban J connectivity index is 1.89. The van der Waals surface area contributed by atoms with Crippen molar-refractivity contribution in [1.29, 1.82) is 0 Å². The zero-order valence-electron chi connectivity index (χ0n) is 12.1. The fourth-order valence-corrected chi connectivity index (χ4v) is 2.32. The van der Waals surface area contributed by atoms with Crippen molar-refractivity contribution in [2.45, 2.75) is 51.6 Å². The van der Waals surface area contributed by atoms with Gasteiger partial charge in [-0.3, -0.25) is 0 Å². The van der Waals surface area contributed by atoms with Crippen molar-refractivity contribution in [3.63, 3.8) is 0 Å². The minimum Gasteiger partial charge on any atom is -0.492 e. The number of nitrogens with one attached hydrogen (secondary N) is 1. The Bertz CT molecular complexity index is 413. The Morgan fingerprint density at radius 2 is 2.11 bits per heavy atom. The van der Waals surface area contributed by atoms with Crippen LogP contribution < -0.4 is 10.1 Å². The number of hydrogen-bond acceptors (Lipinski definition) is 3. The lowest BCUT2D eigenvalue weighted by Crippen LogP contribution is -2.39. The highest BCUT2D eigenvalue weighted by Gasteiger charge is 2.24. The first kappa shape index (κ1) is 14.4. The molecule has 0 amide bonds. The van der Waals surface area contributed by atoms with E-state index >= 15 is 0 Å². The van der Waals surface area contributed by atoms with Crippen molar-refractivity contribution in [3.8, 4) is 5.75 Å². The zero-order chi connectivity index (χ0) is 13.8. The fourth-order valence-electron chi connectivity index (χ4n) is 2.32. The maximum Gasteiger partial charge on any atom is 0.119 e. The number of benzene rings is 1. The number of aliphatic hydroxyl groups is 1. The van der Waals surface area contributed by atoms with Crippen molar-refractivity contribution >= 4 is 0 Å². The zero-order valence-corrected chi connectivity index (χ0v) is 12.1. The molecule has 1 fully saturated rings. The molecule has 0 aromatic heterocycles. The summed E-state index contributed by atoms with van der Waals surface area (Å²) in [5.74, 6) is 1.42. The van der Waals surface area contributed by atoms with Crippen LogP contribution in [0.3, 0.4) is 0 Å². The van der Waals surface area contributed by atoms with Crippen LogP contribution in [0.5, 0.6) is 5.75 Å². The first-order chi connectivity index (χ1) is 9.10. The van der Waals surface area contributed by atoms with Gasteiger partial charge in [0.05, 0.1) is 12.6 Å². The lowest BCUT2D eigenvalue weighted by Gasteiger charge is -2.18. The SMILES string of the molecule is Cc1cc(OCC(CO)NC2CC2)ccc1C(C)C. The molecular weight excluding hydrogens is 238 g/mol. The molecule has 0 aliphatic heterocycles. The largest absolute Gasteiger partial charge is 0.492 e. The minimum atomic E-state index is 0.0394. The second-order valence-corrected chi connectivity index (χ2v) is 5.80. The van der Waals surface area contributed by atoms with Gasteiger partial charge in [0.25, 0.3) is 0 Å². The molecule has 2 N–H and O–H groups in total. The normalized spacial score (nSPS) is 16.7. The Kier molecular flexibility index (Phi) is 4.83. The van der Waals surface area contributed by atoms with E-state index in [2.05, 4.69) is 38.2 Å². The molecule has 1 aliphatic carbocycles. The summed E-state index contributed by atoms with van der Waals surface area (Å²) in [5.41, 5.74) is 2.63. The first-order valence-electron chi connectivity index (χ1n) is 7.20. The summed E-state index contributed by atoms with van der Waals surface area (Å²) >= 11 is 0. The van der Waals surface area contributed by atoms with Crippen LogP contribution >= 0.6 is 0 Å². The van der Waals surface area contributed by atoms with E-state index in [1.807, 2.05) is 6.07 Å². The van der Waals surface area contributed by atoms with Crippen LogP contribution in [0, 0.1) is 6.92 Å². The van der Waals surface area contributed by atoms with E-state index < -0.39 is 0 Å². The molecule has 3 nitrogen and oxygen atoms in total. The maximum absolute atomic E-state index is 9.31. The number of hydrogen-bond donors (Lipinski definition) is 2. The lowest BCUT2D eigenvalue weighted by molar-refractivity contribution is 0.182. The van der Waals surface area contributed by atoms with Crippen LogP contribution in [0.1, 0.15) is 43.7 Å². The third kappa shape index (κ3) is 4.22. The van der Waals surface area contributed by atoms with E-state index in [-0.39, 0.29) is 12.6 Å². The van der Waals surface area contributed by atoms with E-state index in [0.717, 1.165) is 5.75 Å². The topological polar surface area (TPSA) is 41.5 Å². The summed E-state index contributed by atoms with van der Waals surface area (Å²) in [6, 6.07) is 6.87. The average molecular weight is 263 g/mol. The molecular formula is C16H25NO2. The van der Waals surface area contributed by atoms with E-state index in [4.69, 9.17) is 4.74 Å². The summed E-state index contributed by atoms with van der Waals surface area (Å²) in [4.78, 5) is 0. The van der Waals surface area contributed by atoms with Gasteiger partial charge in [0.15, 0.2) is 0 Å². The minimum absolute atomic E-state index is 0.0394. The first-order valence-corrected chi connectivity index (χ1v) is 7.20. The Morgan fingerprint density at radius 3 is 2.63 bits per heavy atom. The Morgan fingerprint density at radius 1 is 1.37 bits per heavy atom. The van der Waals surface area contributed by atoms with Crippen LogP contribution in [-0.4, -0.2) is 30.4 Å². The molecule has 106 valence electrons. The summed E-state index contributed by atoms with van der Waals surface area (Å²) in [6.45, 7) is 7.16. The molecule has 0 spiro atoms. The number of rotatable bonds is 7. The van der Waals surface area contributed by atoms with Crippen molar-refractivity contribution < 1.29 is 9.84 Å². The van der Waals surface area contributed by atoms with E-state index in [1.54, 1.807) is 0 Å². The van der Waals surface area contributed by atoms with Crippen LogP contribution in [-0.2, 0) is 0 Å². The third-order valence-corrected chi connectivity index (χ3v) is 3.58. The molecule has 1 aliphatic rings. The standard InChI is InChI=1S/C16H25NO2/c1-11(2)16-7-6-15(8-12(16)3)19-10-14(9-18)17-13-4-5-13/h6-8,11,13-14,17-18H,4-5,9-10H2,1-3H3. The van der Waals surface area contributed by atoms with Crippen molar-refractivity contribution in [3.05, 3.63) is 29.3 Å². The number of ether oxygens (including phenoxy) is 1. The Labute approximate surface area is 116 Å². The van der Waals surface area contributed by atoms with Crippen molar-refractivity contribution in [2.75, 3.05) is 13.2 Å². The predicted octanol–water partition coefficient (Wildman–Crippen LogP) is 2.61. The molecule has 0 radical (unpaired) electrons. The van der Waals surface area contributed by atoms with Crippen molar-refractivity contribution in [2.24, 2.45) is 0 Å². The second kappa shape index (κ2) is 6.40. The number of aryl methyl sites for hydroxylation is 1. The van der Waals surface area contributed by atoms with Gasteiger partial charge in [-0.1, -0.05) is 19.9 Å². The van der Waals surface area contributed by atoms with Crippen LogP contribution in [0.2, 0.25) is 0 Å². The van der Waals surface area contributed by atoms with Gasteiger partial charge >= 0.3 is 0 Å². The quantitative estimate of drug-likeness (QED) is 0.794.